The molecule has 0 radical (unpaired) electrons. The van der Waals surface area contributed by atoms with Crippen LogP contribution in [0.2, 0.25) is 0 Å². The molecule has 1 N–H and O–H groups in total. The molecular weight excluding hydrogens is 272 g/mol. The van der Waals surface area contributed by atoms with Crippen molar-refractivity contribution in [2.75, 3.05) is 12.4 Å². The zero-order valence-electron chi connectivity index (χ0n) is 12.1. The van der Waals surface area contributed by atoms with Gasteiger partial charge >= 0.3 is 5.97 Å². The molecule has 0 aliphatic heterocycles. The minimum absolute atomic E-state index is 0.0913. The summed E-state index contributed by atoms with van der Waals surface area (Å²) < 4.78 is 4.84. The Kier molecular flexibility index (Phi) is 4.39. The molecular formula is C15H18N2O2S. The number of carbonyl (C=O) groups is 1. The highest BCUT2D eigenvalue weighted by Gasteiger charge is 2.16. The average molecular weight is 290 g/mol. The van der Waals surface area contributed by atoms with E-state index >= 15 is 0 Å². The Morgan fingerprint density at radius 3 is 2.75 bits per heavy atom. The topological polar surface area (TPSA) is 51.2 Å². The first-order chi connectivity index (χ1) is 9.52. The van der Waals surface area contributed by atoms with E-state index in [2.05, 4.69) is 17.2 Å². The van der Waals surface area contributed by atoms with Crippen molar-refractivity contribution in [1.82, 2.24) is 4.98 Å². The number of nitrogens with zero attached hydrogens (tertiary/aromatic N) is 1. The van der Waals surface area contributed by atoms with Crippen molar-refractivity contribution in [3.63, 3.8) is 0 Å². The summed E-state index contributed by atoms with van der Waals surface area (Å²) >= 11 is 1.61. The van der Waals surface area contributed by atoms with Gasteiger partial charge in [0, 0.05) is 10.6 Å². The van der Waals surface area contributed by atoms with E-state index in [1.54, 1.807) is 11.3 Å². The molecule has 1 atom stereocenters. The molecule has 0 saturated carbocycles. The van der Waals surface area contributed by atoms with Gasteiger partial charge in [0.05, 0.1) is 29.9 Å². The largest absolute Gasteiger partial charge is 0.465 e. The summed E-state index contributed by atoms with van der Waals surface area (Å²) in [6, 6.07) is 5.81. The smallest absolute Gasteiger partial charge is 0.339 e. The number of aromatic nitrogens is 1. The number of ether oxygens (including phenoxy) is 1. The maximum atomic E-state index is 11.8. The first kappa shape index (κ1) is 14.5. The lowest BCUT2D eigenvalue weighted by Crippen LogP contribution is -2.12. The van der Waals surface area contributed by atoms with Gasteiger partial charge in [0.2, 0.25) is 0 Å². The molecule has 2 aromatic rings. The zero-order chi connectivity index (χ0) is 14.7. The van der Waals surface area contributed by atoms with Gasteiger partial charge in [-0.1, -0.05) is 11.6 Å². The highest BCUT2D eigenvalue weighted by Crippen LogP contribution is 2.27. The van der Waals surface area contributed by atoms with Crippen LogP contribution in [0.15, 0.2) is 23.7 Å². The molecule has 0 aliphatic carbocycles. The second-order valence-corrected chi connectivity index (χ2v) is 5.60. The van der Waals surface area contributed by atoms with Crippen LogP contribution in [0.5, 0.6) is 0 Å². The number of anilines is 1. The van der Waals surface area contributed by atoms with Crippen molar-refractivity contribution in [1.29, 1.82) is 0 Å². The molecule has 1 heterocycles. The Morgan fingerprint density at radius 2 is 2.15 bits per heavy atom. The molecule has 1 aromatic heterocycles. The molecule has 20 heavy (non-hydrogen) atoms. The molecule has 1 unspecified atom stereocenters. The third-order valence-corrected chi connectivity index (χ3v) is 4.24. The second kappa shape index (κ2) is 6.05. The molecule has 0 amide bonds. The van der Waals surface area contributed by atoms with Crippen LogP contribution < -0.4 is 5.32 Å². The first-order valence-electron chi connectivity index (χ1n) is 6.38. The molecule has 0 spiro atoms. The number of hydrogen-bond acceptors (Lipinski definition) is 5. The van der Waals surface area contributed by atoms with Crippen LogP contribution in [0, 0.1) is 13.8 Å². The Balaban J connectivity index is 2.29. The maximum absolute atomic E-state index is 11.8. The van der Waals surface area contributed by atoms with Crippen LogP contribution in [-0.4, -0.2) is 18.1 Å². The van der Waals surface area contributed by atoms with Crippen LogP contribution in [0.25, 0.3) is 0 Å². The first-order valence-corrected chi connectivity index (χ1v) is 7.26. The number of hydrogen-bond donors (Lipinski definition) is 1. The van der Waals surface area contributed by atoms with Crippen LogP contribution in [0.3, 0.4) is 0 Å². The molecule has 5 heteroatoms. The van der Waals surface area contributed by atoms with Crippen molar-refractivity contribution in [2.45, 2.75) is 26.8 Å². The van der Waals surface area contributed by atoms with Crippen molar-refractivity contribution in [3.05, 3.63) is 45.4 Å². The summed E-state index contributed by atoms with van der Waals surface area (Å²) in [5.74, 6) is -0.329. The van der Waals surface area contributed by atoms with Crippen LogP contribution >= 0.6 is 11.3 Å². The predicted molar refractivity (Wildman–Crippen MR) is 81.4 cm³/mol. The Labute approximate surface area is 122 Å². The molecule has 2 rings (SSSR count). The lowest BCUT2D eigenvalue weighted by atomic mass is 10.1. The van der Waals surface area contributed by atoms with Crippen molar-refractivity contribution >= 4 is 23.0 Å². The number of thiazole rings is 1. The quantitative estimate of drug-likeness (QED) is 0.872. The van der Waals surface area contributed by atoms with Crippen LogP contribution in [-0.2, 0) is 4.74 Å². The number of methoxy groups -OCH3 is 1. The zero-order valence-corrected chi connectivity index (χ0v) is 12.9. The standard InChI is InChI=1S/C15H18N2O2S/c1-9-5-6-13(12(7-9)15(18)19-4)17-11(3)14-10(2)16-8-20-14/h5-8,11,17H,1-4H3. The van der Waals surface area contributed by atoms with E-state index in [0.29, 0.717) is 5.56 Å². The van der Waals surface area contributed by atoms with Gasteiger partial charge in [-0.3, -0.25) is 0 Å². The minimum Gasteiger partial charge on any atom is -0.465 e. The summed E-state index contributed by atoms with van der Waals surface area (Å²) in [7, 11) is 1.39. The molecule has 0 saturated heterocycles. The second-order valence-electron chi connectivity index (χ2n) is 4.71. The van der Waals surface area contributed by atoms with Gasteiger partial charge in [0.25, 0.3) is 0 Å². The van der Waals surface area contributed by atoms with Crippen LogP contribution in [0.1, 0.15) is 39.5 Å². The van der Waals surface area contributed by atoms with Gasteiger partial charge in [0.1, 0.15) is 0 Å². The molecule has 1 aromatic carbocycles. The van der Waals surface area contributed by atoms with Gasteiger partial charge in [-0.15, -0.1) is 11.3 Å². The summed E-state index contributed by atoms with van der Waals surface area (Å²) in [6.07, 6.45) is 0. The van der Waals surface area contributed by atoms with Gasteiger partial charge in [-0.05, 0) is 32.9 Å². The number of aryl methyl sites for hydroxylation is 2. The number of benzene rings is 1. The SMILES string of the molecule is COC(=O)c1cc(C)ccc1NC(C)c1scnc1C. The predicted octanol–water partition coefficient (Wildman–Crippen LogP) is 3.72. The fourth-order valence-electron chi connectivity index (χ4n) is 2.09. The molecule has 0 aliphatic rings. The van der Waals surface area contributed by atoms with Gasteiger partial charge in [-0.25, -0.2) is 9.78 Å². The highest BCUT2D eigenvalue weighted by molar-refractivity contribution is 7.09. The van der Waals surface area contributed by atoms with Gasteiger partial charge in [-0.2, -0.15) is 0 Å². The molecule has 4 nitrogen and oxygen atoms in total. The Morgan fingerprint density at radius 1 is 1.40 bits per heavy atom. The molecule has 0 fully saturated rings. The molecule has 106 valence electrons. The number of rotatable bonds is 4. The number of carbonyl (C=O) groups excluding carboxylic acids is 1. The van der Waals surface area contributed by atoms with E-state index < -0.39 is 0 Å². The van der Waals surface area contributed by atoms with Gasteiger partial charge < -0.3 is 10.1 Å². The fraction of sp³-hybridized carbons (Fsp3) is 0.333. The Bertz CT molecular complexity index is 622. The molecule has 0 bridgehead atoms. The lowest BCUT2D eigenvalue weighted by Gasteiger charge is -2.17. The third-order valence-electron chi connectivity index (χ3n) is 3.13. The van der Waals surface area contributed by atoms with Crippen molar-refractivity contribution in [3.8, 4) is 0 Å². The van der Waals surface area contributed by atoms with E-state index in [1.807, 2.05) is 37.6 Å². The van der Waals surface area contributed by atoms with E-state index in [4.69, 9.17) is 4.74 Å². The summed E-state index contributed by atoms with van der Waals surface area (Å²) in [5.41, 5.74) is 5.21. The third kappa shape index (κ3) is 2.99. The summed E-state index contributed by atoms with van der Waals surface area (Å²) in [5, 5.41) is 3.37. The van der Waals surface area contributed by atoms with E-state index in [1.165, 1.54) is 12.0 Å². The monoisotopic (exact) mass is 290 g/mol. The highest BCUT2D eigenvalue weighted by atomic mass is 32.1. The van der Waals surface area contributed by atoms with Gasteiger partial charge in [0.15, 0.2) is 0 Å². The number of esters is 1. The normalized spacial score (nSPS) is 12.0. The Hall–Kier alpha value is -1.88. The van der Waals surface area contributed by atoms with Crippen molar-refractivity contribution in [2.24, 2.45) is 0 Å². The lowest BCUT2D eigenvalue weighted by molar-refractivity contribution is 0.0601. The average Bonchev–Trinajstić information content (AvgIpc) is 2.86. The van der Waals surface area contributed by atoms with E-state index in [0.717, 1.165) is 16.9 Å². The fourth-order valence-corrected chi connectivity index (χ4v) is 2.90. The summed E-state index contributed by atoms with van der Waals surface area (Å²) in [4.78, 5) is 17.3. The van der Waals surface area contributed by atoms with E-state index in [9.17, 15) is 4.79 Å². The van der Waals surface area contributed by atoms with Crippen LogP contribution in [0.4, 0.5) is 5.69 Å². The maximum Gasteiger partial charge on any atom is 0.339 e. The van der Waals surface area contributed by atoms with Crippen molar-refractivity contribution < 1.29 is 9.53 Å². The number of nitrogens with one attached hydrogen (secondary N) is 1. The minimum atomic E-state index is -0.329. The van der Waals surface area contributed by atoms with E-state index in [-0.39, 0.29) is 12.0 Å². The summed E-state index contributed by atoms with van der Waals surface area (Å²) in [6.45, 7) is 5.99.